The summed E-state index contributed by atoms with van der Waals surface area (Å²) in [6, 6.07) is 20.1. The third-order valence-corrected chi connectivity index (χ3v) is 7.10. The lowest BCUT2D eigenvalue weighted by Gasteiger charge is -2.21. The monoisotopic (exact) mass is 464 g/mol. The zero-order valence-corrected chi connectivity index (χ0v) is 20.7. The third kappa shape index (κ3) is 6.23. The van der Waals surface area contributed by atoms with Gasteiger partial charge in [-0.25, -0.2) is 8.42 Å². The molecule has 3 rings (SSSR count). The maximum atomic E-state index is 13.2. The van der Waals surface area contributed by atoms with E-state index in [0.717, 1.165) is 23.1 Å². The molecule has 6 heteroatoms. The Morgan fingerprint density at radius 2 is 1.55 bits per heavy atom. The molecule has 0 aliphatic heterocycles. The highest BCUT2D eigenvalue weighted by atomic mass is 32.2. The van der Waals surface area contributed by atoms with E-state index in [1.165, 1.54) is 6.07 Å². The number of amides is 1. The van der Waals surface area contributed by atoms with Crippen LogP contribution in [0.1, 0.15) is 58.9 Å². The predicted molar refractivity (Wildman–Crippen MR) is 134 cm³/mol. The van der Waals surface area contributed by atoms with Gasteiger partial charge in [-0.05, 0) is 73.6 Å². The lowest BCUT2D eigenvalue weighted by Crippen LogP contribution is -2.29. The van der Waals surface area contributed by atoms with Crippen LogP contribution in [-0.4, -0.2) is 14.3 Å². The molecule has 0 saturated heterocycles. The Bertz CT molecular complexity index is 1240. The minimum atomic E-state index is -3.87. The summed E-state index contributed by atoms with van der Waals surface area (Å²) in [5.41, 5.74) is 4.23. The fourth-order valence-corrected chi connectivity index (χ4v) is 5.15. The summed E-state index contributed by atoms with van der Waals surface area (Å²) in [6.07, 6.45) is 0.779. The molecular formula is C27H32N2O3S. The topological polar surface area (TPSA) is 75.3 Å². The van der Waals surface area contributed by atoms with Crippen molar-refractivity contribution in [3.05, 3.63) is 94.5 Å². The van der Waals surface area contributed by atoms with Gasteiger partial charge in [-0.15, -0.1) is 0 Å². The molecule has 0 aromatic heterocycles. The molecule has 0 aliphatic carbocycles. The standard InChI is InChI=1S/C27H32N2O3S/c1-18(2)15-25(22-9-7-6-8-10-22)28-27(30)23-14-13-21(5)26(17-23)33(31,32)29-24-16-19(3)11-12-20(24)4/h6-14,16-18,25,29H,15H2,1-5H3,(H,28,30)/t25-/m1/s1. The molecule has 0 heterocycles. The highest BCUT2D eigenvalue weighted by molar-refractivity contribution is 7.92. The van der Waals surface area contributed by atoms with Crippen LogP contribution < -0.4 is 10.0 Å². The summed E-state index contributed by atoms with van der Waals surface area (Å²) >= 11 is 0. The number of hydrogen-bond acceptors (Lipinski definition) is 3. The molecule has 0 saturated carbocycles. The molecule has 3 aromatic rings. The van der Waals surface area contributed by atoms with E-state index in [0.29, 0.717) is 22.7 Å². The van der Waals surface area contributed by atoms with Gasteiger partial charge in [0.2, 0.25) is 0 Å². The highest BCUT2D eigenvalue weighted by Gasteiger charge is 2.22. The van der Waals surface area contributed by atoms with Crippen LogP contribution in [0.5, 0.6) is 0 Å². The Hall–Kier alpha value is -3.12. The molecule has 174 valence electrons. The van der Waals surface area contributed by atoms with Crippen LogP contribution in [0.4, 0.5) is 5.69 Å². The number of rotatable bonds is 8. The van der Waals surface area contributed by atoms with E-state index < -0.39 is 10.0 Å². The van der Waals surface area contributed by atoms with E-state index >= 15 is 0 Å². The van der Waals surface area contributed by atoms with Crippen LogP contribution in [0.3, 0.4) is 0 Å². The quantitative estimate of drug-likeness (QED) is 0.434. The Kier molecular flexibility index (Phi) is 7.59. The van der Waals surface area contributed by atoms with Crippen LogP contribution in [-0.2, 0) is 10.0 Å². The summed E-state index contributed by atoms with van der Waals surface area (Å²) in [5.74, 6) is 0.0823. The van der Waals surface area contributed by atoms with Crippen molar-refractivity contribution in [2.45, 2.75) is 52.0 Å². The van der Waals surface area contributed by atoms with Crippen molar-refractivity contribution in [1.82, 2.24) is 5.32 Å². The van der Waals surface area contributed by atoms with Gasteiger partial charge in [0.05, 0.1) is 16.6 Å². The maximum Gasteiger partial charge on any atom is 0.262 e. The number of aryl methyl sites for hydroxylation is 3. The average molecular weight is 465 g/mol. The van der Waals surface area contributed by atoms with Gasteiger partial charge < -0.3 is 5.32 Å². The second-order valence-electron chi connectivity index (χ2n) is 8.97. The van der Waals surface area contributed by atoms with Crippen LogP contribution >= 0.6 is 0 Å². The van der Waals surface area contributed by atoms with Crippen molar-refractivity contribution >= 4 is 21.6 Å². The van der Waals surface area contributed by atoms with Gasteiger partial charge in [-0.2, -0.15) is 0 Å². The average Bonchev–Trinajstić information content (AvgIpc) is 2.76. The number of nitrogens with one attached hydrogen (secondary N) is 2. The van der Waals surface area contributed by atoms with Crippen LogP contribution in [0.15, 0.2) is 71.6 Å². The van der Waals surface area contributed by atoms with Crippen molar-refractivity contribution in [2.75, 3.05) is 4.72 Å². The van der Waals surface area contributed by atoms with E-state index in [9.17, 15) is 13.2 Å². The Labute approximate surface area is 197 Å². The first-order valence-electron chi connectivity index (χ1n) is 11.1. The zero-order valence-electron chi connectivity index (χ0n) is 19.8. The molecule has 0 fully saturated rings. The lowest BCUT2D eigenvalue weighted by atomic mass is 9.96. The van der Waals surface area contributed by atoms with Crippen molar-refractivity contribution in [1.29, 1.82) is 0 Å². The van der Waals surface area contributed by atoms with Gasteiger partial charge in [0.1, 0.15) is 0 Å². The number of benzene rings is 3. The summed E-state index contributed by atoms with van der Waals surface area (Å²) in [4.78, 5) is 13.2. The molecular weight excluding hydrogens is 432 g/mol. The molecule has 3 aromatic carbocycles. The molecule has 0 bridgehead atoms. The van der Waals surface area contributed by atoms with E-state index in [-0.39, 0.29) is 16.8 Å². The second-order valence-corrected chi connectivity index (χ2v) is 10.6. The minimum absolute atomic E-state index is 0.0937. The van der Waals surface area contributed by atoms with Gasteiger partial charge in [-0.1, -0.05) is 62.4 Å². The number of carbonyl (C=O) groups excluding carboxylic acids is 1. The SMILES string of the molecule is Cc1ccc(C)c(NS(=O)(=O)c2cc(C(=O)N[C@H](CC(C)C)c3ccccc3)ccc2C)c1. The first-order valence-corrected chi connectivity index (χ1v) is 12.6. The molecule has 1 atom stereocenters. The maximum absolute atomic E-state index is 13.2. The van der Waals surface area contributed by atoms with Gasteiger partial charge in [0, 0.05) is 5.56 Å². The van der Waals surface area contributed by atoms with Crippen LogP contribution in [0.2, 0.25) is 0 Å². The molecule has 33 heavy (non-hydrogen) atoms. The number of carbonyl (C=O) groups is 1. The van der Waals surface area contributed by atoms with Crippen LogP contribution in [0.25, 0.3) is 0 Å². The van der Waals surface area contributed by atoms with Gasteiger partial charge in [0.25, 0.3) is 15.9 Å². The van der Waals surface area contributed by atoms with E-state index in [4.69, 9.17) is 0 Å². The van der Waals surface area contributed by atoms with E-state index in [1.54, 1.807) is 25.1 Å². The Balaban J connectivity index is 1.89. The summed E-state index contributed by atoms with van der Waals surface area (Å²) in [7, 11) is -3.87. The smallest absolute Gasteiger partial charge is 0.262 e. The zero-order chi connectivity index (χ0) is 24.2. The second kappa shape index (κ2) is 10.2. The molecule has 0 aliphatic rings. The molecule has 5 nitrogen and oxygen atoms in total. The number of hydrogen-bond donors (Lipinski definition) is 2. The van der Waals surface area contributed by atoms with Gasteiger partial charge >= 0.3 is 0 Å². The molecule has 1 amide bonds. The van der Waals surface area contributed by atoms with Crippen molar-refractivity contribution in [2.24, 2.45) is 5.92 Å². The fraction of sp³-hybridized carbons (Fsp3) is 0.296. The van der Waals surface area contributed by atoms with E-state index in [2.05, 4.69) is 23.9 Å². The first kappa shape index (κ1) is 24.5. The van der Waals surface area contributed by atoms with Crippen molar-refractivity contribution < 1.29 is 13.2 Å². The first-order chi connectivity index (χ1) is 15.6. The fourth-order valence-electron chi connectivity index (χ4n) is 3.75. The molecule has 2 N–H and O–H groups in total. The van der Waals surface area contributed by atoms with Crippen molar-refractivity contribution in [3.63, 3.8) is 0 Å². The van der Waals surface area contributed by atoms with Crippen LogP contribution in [0, 0.1) is 26.7 Å². The normalized spacial score (nSPS) is 12.4. The molecule has 0 spiro atoms. The number of anilines is 1. The lowest BCUT2D eigenvalue weighted by molar-refractivity contribution is 0.0931. The largest absolute Gasteiger partial charge is 0.345 e. The molecule has 0 unspecified atom stereocenters. The van der Waals surface area contributed by atoms with Gasteiger partial charge in [-0.3, -0.25) is 9.52 Å². The number of sulfonamides is 1. The Morgan fingerprint density at radius 1 is 0.879 bits per heavy atom. The molecule has 0 radical (unpaired) electrons. The third-order valence-electron chi connectivity index (χ3n) is 5.59. The summed E-state index contributed by atoms with van der Waals surface area (Å²) in [5, 5.41) is 3.09. The van der Waals surface area contributed by atoms with Gasteiger partial charge in [0.15, 0.2) is 0 Å². The highest BCUT2D eigenvalue weighted by Crippen LogP contribution is 2.25. The predicted octanol–water partition coefficient (Wildman–Crippen LogP) is 5.93. The van der Waals surface area contributed by atoms with Crippen molar-refractivity contribution in [3.8, 4) is 0 Å². The Morgan fingerprint density at radius 3 is 2.21 bits per heavy atom. The van der Waals surface area contributed by atoms with E-state index in [1.807, 2.05) is 56.3 Å². The summed E-state index contributed by atoms with van der Waals surface area (Å²) in [6.45, 7) is 9.71. The summed E-state index contributed by atoms with van der Waals surface area (Å²) < 4.78 is 29.1. The minimum Gasteiger partial charge on any atom is -0.345 e.